The average Bonchev–Trinajstić information content (AvgIpc) is 3.14. The minimum Gasteiger partial charge on any atom is -0.370 e. The first-order valence-electron chi connectivity index (χ1n) is 8.37. The number of hydrogen-bond donors (Lipinski definition) is 2. The molecule has 4 rings (SSSR count). The number of nitrogens with zero attached hydrogens (tertiary/aromatic N) is 3. The van der Waals surface area contributed by atoms with Crippen LogP contribution < -0.4 is 9.62 Å². The normalized spacial score (nSPS) is 15.0. The van der Waals surface area contributed by atoms with Crippen LogP contribution in [0.1, 0.15) is 5.56 Å². The van der Waals surface area contributed by atoms with Crippen LogP contribution in [0, 0.1) is 0 Å². The summed E-state index contributed by atoms with van der Waals surface area (Å²) in [4.78, 5) is 26.5. The Labute approximate surface area is 155 Å². The number of anilines is 1. The Kier molecular flexibility index (Phi) is 4.87. The molecule has 0 aromatic carbocycles. The van der Waals surface area contributed by atoms with Crippen molar-refractivity contribution in [3.05, 3.63) is 42.1 Å². The fourth-order valence-corrected chi connectivity index (χ4v) is 3.39. The van der Waals surface area contributed by atoms with Crippen molar-refractivity contribution in [1.29, 1.82) is 0 Å². The minimum absolute atomic E-state index is 0.0674. The van der Waals surface area contributed by atoms with Crippen molar-refractivity contribution in [3.63, 3.8) is 0 Å². The van der Waals surface area contributed by atoms with E-state index in [9.17, 15) is 4.79 Å². The summed E-state index contributed by atoms with van der Waals surface area (Å²) in [5.41, 5.74) is 4.51. The number of H-pyrrole nitrogens is 1. The van der Waals surface area contributed by atoms with Gasteiger partial charge in [-0.2, -0.15) is 0 Å². The van der Waals surface area contributed by atoms with Gasteiger partial charge in [-0.15, -0.1) is 0 Å². The molecule has 0 aliphatic carbocycles. The molecule has 1 aliphatic heterocycles. The van der Waals surface area contributed by atoms with Crippen LogP contribution in [0.25, 0.3) is 22.4 Å². The molecule has 1 aliphatic rings. The number of aromatic amines is 1. The van der Waals surface area contributed by atoms with Crippen LogP contribution in [0.2, 0.25) is 0 Å². The highest BCUT2D eigenvalue weighted by molar-refractivity contribution is 7.96. The predicted molar refractivity (Wildman–Crippen MR) is 103 cm³/mol. The number of aromatic nitrogens is 3. The van der Waals surface area contributed by atoms with Gasteiger partial charge in [-0.25, -0.2) is 9.97 Å². The highest BCUT2D eigenvalue weighted by atomic mass is 32.2. The summed E-state index contributed by atoms with van der Waals surface area (Å²) in [5, 5.41) is 0. The second-order valence-electron chi connectivity index (χ2n) is 5.92. The van der Waals surface area contributed by atoms with Crippen molar-refractivity contribution in [2.75, 3.05) is 31.7 Å². The largest absolute Gasteiger partial charge is 0.370 e. The molecule has 134 valence electrons. The Balaban J connectivity index is 1.76. The smallest absolute Gasteiger partial charge is 0.254 e. The molecule has 2 N–H and O–H groups in total. The SMILES string of the molecule is CNSCc1cc(-c2ccc3[nH]ccc3n2)nc(N2CCOCC2=O)c1. The van der Waals surface area contributed by atoms with E-state index < -0.39 is 0 Å². The lowest BCUT2D eigenvalue weighted by atomic mass is 10.1. The van der Waals surface area contributed by atoms with E-state index in [4.69, 9.17) is 9.72 Å². The lowest BCUT2D eigenvalue weighted by Gasteiger charge is -2.26. The molecular formula is C18H19N5O2S. The van der Waals surface area contributed by atoms with E-state index in [0.717, 1.165) is 33.7 Å². The number of rotatable bonds is 5. The maximum Gasteiger partial charge on any atom is 0.254 e. The summed E-state index contributed by atoms with van der Waals surface area (Å²) in [6.45, 7) is 1.13. The van der Waals surface area contributed by atoms with Gasteiger partial charge in [0.15, 0.2) is 0 Å². The van der Waals surface area contributed by atoms with Crippen molar-refractivity contribution < 1.29 is 9.53 Å². The summed E-state index contributed by atoms with van der Waals surface area (Å²) < 4.78 is 8.31. The van der Waals surface area contributed by atoms with Gasteiger partial charge >= 0.3 is 0 Å². The van der Waals surface area contributed by atoms with E-state index in [-0.39, 0.29) is 12.5 Å². The first-order chi connectivity index (χ1) is 12.7. The van der Waals surface area contributed by atoms with Crippen LogP contribution in [0.4, 0.5) is 5.82 Å². The monoisotopic (exact) mass is 369 g/mol. The Hall–Kier alpha value is -2.42. The maximum atomic E-state index is 12.2. The standard InChI is InChI=1S/C18H19N5O2S/c1-19-26-11-12-8-16(14-3-2-13-15(21-14)4-5-20-13)22-17(9-12)23-6-7-25-10-18(23)24/h2-5,8-9,19-20H,6-7,10-11H2,1H3. The molecule has 1 saturated heterocycles. The summed E-state index contributed by atoms with van der Waals surface area (Å²) >= 11 is 1.59. The predicted octanol–water partition coefficient (Wildman–Crippen LogP) is 2.36. The molecule has 7 nitrogen and oxygen atoms in total. The lowest BCUT2D eigenvalue weighted by Crippen LogP contribution is -2.42. The van der Waals surface area contributed by atoms with Gasteiger partial charge in [0.05, 0.1) is 35.6 Å². The number of morpholine rings is 1. The zero-order chi connectivity index (χ0) is 17.9. The molecule has 0 radical (unpaired) electrons. The third kappa shape index (κ3) is 3.44. The molecule has 26 heavy (non-hydrogen) atoms. The number of fused-ring (bicyclic) bond motifs is 1. The summed E-state index contributed by atoms with van der Waals surface area (Å²) in [7, 11) is 1.89. The van der Waals surface area contributed by atoms with E-state index in [1.807, 2.05) is 43.6 Å². The van der Waals surface area contributed by atoms with Gasteiger partial charge in [-0.1, -0.05) is 11.9 Å². The van der Waals surface area contributed by atoms with Gasteiger partial charge in [0.2, 0.25) is 0 Å². The van der Waals surface area contributed by atoms with Crippen LogP contribution in [-0.2, 0) is 15.3 Å². The number of nitrogens with one attached hydrogen (secondary N) is 2. The van der Waals surface area contributed by atoms with Gasteiger partial charge in [0.25, 0.3) is 5.91 Å². The summed E-state index contributed by atoms with van der Waals surface area (Å²) in [5.74, 6) is 1.35. The van der Waals surface area contributed by atoms with Crippen molar-refractivity contribution in [1.82, 2.24) is 19.7 Å². The van der Waals surface area contributed by atoms with E-state index in [1.54, 1.807) is 16.8 Å². The summed E-state index contributed by atoms with van der Waals surface area (Å²) in [6.07, 6.45) is 1.87. The summed E-state index contributed by atoms with van der Waals surface area (Å²) in [6, 6.07) is 9.87. The third-order valence-corrected chi connectivity index (χ3v) is 4.95. The fraction of sp³-hybridized carbons (Fsp3) is 0.278. The van der Waals surface area contributed by atoms with Gasteiger partial charge in [-0.05, 0) is 42.9 Å². The molecule has 4 heterocycles. The highest BCUT2D eigenvalue weighted by Gasteiger charge is 2.22. The molecule has 0 spiro atoms. The van der Waals surface area contributed by atoms with E-state index >= 15 is 0 Å². The van der Waals surface area contributed by atoms with Crippen molar-refractivity contribution in [2.45, 2.75) is 5.75 Å². The van der Waals surface area contributed by atoms with Crippen LogP contribution in [0.15, 0.2) is 36.5 Å². The molecule has 0 saturated carbocycles. The Morgan fingerprint density at radius 2 is 2.19 bits per heavy atom. The molecule has 1 amide bonds. The number of pyridine rings is 2. The number of carbonyl (C=O) groups is 1. The van der Waals surface area contributed by atoms with Gasteiger partial charge in [-0.3, -0.25) is 14.4 Å². The molecule has 0 bridgehead atoms. The molecule has 1 fully saturated rings. The zero-order valence-electron chi connectivity index (χ0n) is 14.4. The van der Waals surface area contributed by atoms with E-state index in [2.05, 4.69) is 14.7 Å². The van der Waals surface area contributed by atoms with Crippen molar-refractivity contribution in [2.24, 2.45) is 0 Å². The number of amides is 1. The van der Waals surface area contributed by atoms with Crippen LogP contribution >= 0.6 is 11.9 Å². The number of carbonyl (C=O) groups excluding carboxylic acids is 1. The zero-order valence-corrected chi connectivity index (χ0v) is 15.2. The third-order valence-electron chi connectivity index (χ3n) is 4.18. The second kappa shape index (κ2) is 7.45. The van der Waals surface area contributed by atoms with Gasteiger partial charge in [0, 0.05) is 11.9 Å². The van der Waals surface area contributed by atoms with E-state index in [1.165, 1.54) is 0 Å². The van der Waals surface area contributed by atoms with Crippen LogP contribution in [-0.4, -0.2) is 47.7 Å². The van der Waals surface area contributed by atoms with Crippen LogP contribution in [0.3, 0.4) is 0 Å². The number of hydrogen-bond acceptors (Lipinski definition) is 6. The van der Waals surface area contributed by atoms with Crippen molar-refractivity contribution >= 4 is 34.7 Å². The quantitative estimate of drug-likeness (QED) is 0.672. The molecule has 0 atom stereocenters. The van der Waals surface area contributed by atoms with E-state index in [0.29, 0.717) is 19.0 Å². The first kappa shape index (κ1) is 17.0. The minimum atomic E-state index is -0.0674. The van der Waals surface area contributed by atoms with Crippen molar-refractivity contribution in [3.8, 4) is 11.4 Å². The molecular weight excluding hydrogens is 350 g/mol. The Morgan fingerprint density at radius 3 is 3.04 bits per heavy atom. The topological polar surface area (TPSA) is 83.1 Å². The van der Waals surface area contributed by atoms with Gasteiger partial charge < -0.3 is 9.72 Å². The second-order valence-corrected chi connectivity index (χ2v) is 6.90. The molecule has 3 aromatic rings. The fourth-order valence-electron chi connectivity index (χ4n) is 2.92. The average molecular weight is 369 g/mol. The molecule has 8 heteroatoms. The first-order valence-corrected chi connectivity index (χ1v) is 9.35. The highest BCUT2D eigenvalue weighted by Crippen LogP contribution is 2.26. The lowest BCUT2D eigenvalue weighted by molar-refractivity contribution is -0.125. The Morgan fingerprint density at radius 1 is 1.27 bits per heavy atom. The number of ether oxygens (including phenoxy) is 1. The Bertz CT molecular complexity index is 942. The van der Waals surface area contributed by atoms with Gasteiger partial charge in [0.1, 0.15) is 12.4 Å². The van der Waals surface area contributed by atoms with Crippen LogP contribution in [0.5, 0.6) is 0 Å². The molecule has 3 aromatic heterocycles. The maximum absolute atomic E-state index is 12.2. The molecule has 0 unspecified atom stereocenters.